The second kappa shape index (κ2) is 4.77. The van der Waals surface area contributed by atoms with Crippen LogP contribution in [0, 0.1) is 0 Å². The Bertz CT molecular complexity index is 381. The largest absolute Gasteiger partial charge is 0.453 e. The number of hydrogen-bond donors (Lipinski definition) is 1. The van der Waals surface area contributed by atoms with Gasteiger partial charge in [-0.2, -0.15) is 18.2 Å². The first-order valence-corrected chi connectivity index (χ1v) is 4.17. The molecule has 88 valence electrons. The van der Waals surface area contributed by atoms with Crippen LogP contribution in [0.25, 0.3) is 0 Å². The van der Waals surface area contributed by atoms with Gasteiger partial charge in [0, 0.05) is 13.2 Å². The van der Waals surface area contributed by atoms with Gasteiger partial charge in [-0.1, -0.05) is 0 Å². The van der Waals surface area contributed by atoms with Crippen molar-refractivity contribution >= 4 is 5.91 Å². The number of halogens is 3. The lowest BCUT2D eigenvalue weighted by Gasteiger charge is -2.07. The van der Waals surface area contributed by atoms with Crippen LogP contribution < -0.4 is 10.1 Å². The summed E-state index contributed by atoms with van der Waals surface area (Å²) in [6.45, 7) is -0.433. The summed E-state index contributed by atoms with van der Waals surface area (Å²) in [6.07, 6.45) is -3.65. The van der Waals surface area contributed by atoms with Crippen LogP contribution in [0.15, 0.2) is 12.3 Å². The Morgan fingerprint density at radius 1 is 1.56 bits per heavy atom. The van der Waals surface area contributed by atoms with Crippen molar-refractivity contribution in [3.8, 4) is 6.01 Å². The zero-order valence-electron chi connectivity index (χ0n) is 8.21. The third-order valence-corrected chi connectivity index (χ3v) is 1.54. The molecular weight excluding hydrogens is 227 g/mol. The van der Waals surface area contributed by atoms with Crippen molar-refractivity contribution in [3.05, 3.63) is 18.0 Å². The van der Waals surface area contributed by atoms with Crippen LogP contribution in [-0.2, 0) is 11.0 Å². The number of alkyl halides is 3. The number of ether oxygens (including phenoxy) is 1. The number of carbonyl (C=O) groups excluding carboxylic acids is 1. The van der Waals surface area contributed by atoms with Crippen molar-refractivity contribution in [2.24, 2.45) is 0 Å². The van der Waals surface area contributed by atoms with Gasteiger partial charge in [0.25, 0.3) is 5.91 Å². The maximum absolute atomic E-state index is 12.2. The van der Waals surface area contributed by atoms with E-state index in [1.807, 2.05) is 0 Å². The first kappa shape index (κ1) is 12.2. The van der Waals surface area contributed by atoms with Gasteiger partial charge in [-0.05, 0) is 6.07 Å². The molecule has 0 aromatic carbocycles. The van der Waals surface area contributed by atoms with Gasteiger partial charge in [-0.15, -0.1) is 0 Å². The Kier molecular flexibility index (Phi) is 3.64. The zero-order valence-corrected chi connectivity index (χ0v) is 8.21. The molecule has 0 aliphatic rings. The minimum absolute atomic E-state index is 0.433. The van der Waals surface area contributed by atoms with Crippen molar-refractivity contribution in [2.75, 3.05) is 13.7 Å². The number of likely N-dealkylation sites (N-methyl/N-ethyl adjacent to an activating group) is 1. The Labute approximate surface area is 88.7 Å². The van der Waals surface area contributed by atoms with Crippen LogP contribution in [0.3, 0.4) is 0 Å². The van der Waals surface area contributed by atoms with E-state index in [-0.39, 0.29) is 0 Å². The average Bonchev–Trinajstić information content (AvgIpc) is 2.25. The monoisotopic (exact) mass is 235 g/mol. The first-order chi connectivity index (χ1) is 7.43. The van der Waals surface area contributed by atoms with Gasteiger partial charge in [0.05, 0.1) is 0 Å². The zero-order chi connectivity index (χ0) is 12.2. The Morgan fingerprint density at radius 2 is 2.25 bits per heavy atom. The predicted octanol–water partition coefficient (Wildman–Crippen LogP) is 0.620. The van der Waals surface area contributed by atoms with Crippen molar-refractivity contribution in [2.45, 2.75) is 6.18 Å². The van der Waals surface area contributed by atoms with Crippen LogP contribution in [0.4, 0.5) is 13.2 Å². The molecule has 1 rings (SSSR count). The maximum atomic E-state index is 12.2. The molecule has 0 saturated heterocycles. The molecule has 5 nitrogen and oxygen atoms in total. The molecule has 0 aliphatic heterocycles. The first-order valence-electron chi connectivity index (χ1n) is 4.17. The third kappa shape index (κ3) is 3.37. The number of amides is 1. The number of nitrogens with zero attached hydrogens (tertiary/aromatic N) is 2. The van der Waals surface area contributed by atoms with Gasteiger partial charge in [-0.25, -0.2) is 4.98 Å². The van der Waals surface area contributed by atoms with Crippen LogP contribution in [-0.4, -0.2) is 29.5 Å². The van der Waals surface area contributed by atoms with E-state index in [9.17, 15) is 18.0 Å². The fourth-order valence-corrected chi connectivity index (χ4v) is 0.770. The molecule has 1 aromatic heterocycles. The van der Waals surface area contributed by atoms with Crippen LogP contribution >= 0.6 is 0 Å². The molecule has 8 heteroatoms. The summed E-state index contributed by atoms with van der Waals surface area (Å²) >= 11 is 0. The number of nitrogens with one attached hydrogen (secondary N) is 1. The molecule has 0 atom stereocenters. The molecule has 0 radical (unpaired) electrons. The van der Waals surface area contributed by atoms with E-state index in [0.29, 0.717) is 6.07 Å². The summed E-state index contributed by atoms with van der Waals surface area (Å²) < 4.78 is 41.3. The Balaban J connectivity index is 2.72. The van der Waals surface area contributed by atoms with E-state index in [4.69, 9.17) is 0 Å². The molecule has 0 saturated carbocycles. The molecule has 1 heterocycles. The molecule has 1 amide bonds. The van der Waals surface area contributed by atoms with Gasteiger partial charge in [0.2, 0.25) is 0 Å². The van der Waals surface area contributed by atoms with E-state index >= 15 is 0 Å². The van der Waals surface area contributed by atoms with E-state index in [1.54, 1.807) is 0 Å². The van der Waals surface area contributed by atoms with Crippen LogP contribution in [0.5, 0.6) is 6.01 Å². The predicted molar refractivity (Wildman–Crippen MR) is 46.6 cm³/mol. The lowest BCUT2D eigenvalue weighted by Crippen LogP contribution is -2.25. The van der Waals surface area contributed by atoms with Crippen molar-refractivity contribution < 1.29 is 22.7 Å². The molecule has 1 aromatic rings. The second-order valence-electron chi connectivity index (χ2n) is 2.68. The van der Waals surface area contributed by atoms with Crippen LogP contribution in [0.2, 0.25) is 0 Å². The number of hydrogen-bond acceptors (Lipinski definition) is 4. The van der Waals surface area contributed by atoms with E-state index in [1.165, 1.54) is 7.05 Å². The molecule has 16 heavy (non-hydrogen) atoms. The summed E-state index contributed by atoms with van der Waals surface area (Å²) in [7, 11) is 1.37. The van der Waals surface area contributed by atoms with Crippen molar-refractivity contribution in [1.29, 1.82) is 0 Å². The summed E-state index contributed by atoms with van der Waals surface area (Å²) in [5.41, 5.74) is -1.12. The molecule has 0 unspecified atom stereocenters. The molecule has 0 fully saturated rings. The molecule has 1 N–H and O–H groups in total. The minimum atomic E-state index is -4.56. The van der Waals surface area contributed by atoms with E-state index < -0.39 is 30.4 Å². The van der Waals surface area contributed by atoms with Gasteiger partial charge in [0.15, 0.2) is 12.3 Å². The highest BCUT2D eigenvalue weighted by Gasteiger charge is 2.33. The van der Waals surface area contributed by atoms with Gasteiger partial charge < -0.3 is 10.1 Å². The van der Waals surface area contributed by atoms with E-state index in [2.05, 4.69) is 20.0 Å². The highest BCUT2D eigenvalue weighted by molar-refractivity contribution is 5.76. The smallest absolute Gasteiger partial charge is 0.433 e. The molecule has 0 spiro atoms. The van der Waals surface area contributed by atoms with Gasteiger partial charge in [-0.3, -0.25) is 4.79 Å². The Morgan fingerprint density at radius 3 is 2.81 bits per heavy atom. The number of aromatic nitrogens is 2. The fourth-order valence-electron chi connectivity index (χ4n) is 0.770. The van der Waals surface area contributed by atoms with Crippen molar-refractivity contribution in [3.63, 3.8) is 0 Å². The summed E-state index contributed by atoms with van der Waals surface area (Å²) in [6, 6.07) is 0.227. The molecule has 0 aliphatic carbocycles. The summed E-state index contributed by atoms with van der Waals surface area (Å²) in [5, 5.41) is 2.24. The lowest BCUT2D eigenvalue weighted by molar-refractivity contribution is -0.141. The molecule has 0 bridgehead atoms. The maximum Gasteiger partial charge on any atom is 0.433 e. The van der Waals surface area contributed by atoms with Crippen LogP contribution in [0.1, 0.15) is 5.69 Å². The third-order valence-electron chi connectivity index (χ3n) is 1.54. The second-order valence-corrected chi connectivity index (χ2v) is 2.68. The highest BCUT2D eigenvalue weighted by Crippen LogP contribution is 2.27. The highest BCUT2D eigenvalue weighted by atomic mass is 19.4. The summed E-state index contributed by atoms with van der Waals surface area (Å²) in [4.78, 5) is 17.3. The van der Waals surface area contributed by atoms with E-state index in [0.717, 1.165) is 6.20 Å². The fraction of sp³-hybridized carbons (Fsp3) is 0.375. The minimum Gasteiger partial charge on any atom is -0.453 e. The quantitative estimate of drug-likeness (QED) is 0.834. The number of carbonyl (C=O) groups is 1. The average molecular weight is 235 g/mol. The summed E-state index contributed by atoms with van der Waals surface area (Å²) in [5.74, 6) is -0.485. The van der Waals surface area contributed by atoms with Gasteiger partial charge >= 0.3 is 12.2 Å². The van der Waals surface area contributed by atoms with Crippen molar-refractivity contribution in [1.82, 2.24) is 15.3 Å². The van der Waals surface area contributed by atoms with Gasteiger partial charge in [0.1, 0.15) is 0 Å². The SMILES string of the molecule is CNC(=O)COc1nccc(C(F)(F)F)n1. The molecular formula is C8H8F3N3O2. The number of rotatable bonds is 3. The standard InChI is InChI=1S/C8H8F3N3O2/c1-12-6(15)4-16-7-13-3-2-5(14-7)8(9,10)11/h2-3H,4H2,1H3,(H,12,15). The Hall–Kier alpha value is -1.86. The lowest BCUT2D eigenvalue weighted by atomic mass is 10.4. The topological polar surface area (TPSA) is 64.1 Å². The normalized spacial score (nSPS) is 11.0.